The van der Waals surface area contributed by atoms with Crippen molar-refractivity contribution in [1.29, 1.82) is 0 Å². The van der Waals surface area contributed by atoms with E-state index in [4.69, 9.17) is 21.1 Å². The topological polar surface area (TPSA) is 65.4 Å². The molecule has 1 N–H and O–H groups in total. The number of thiophene rings is 1. The van der Waals surface area contributed by atoms with E-state index in [9.17, 15) is 4.79 Å². The van der Waals surface area contributed by atoms with Gasteiger partial charge in [0.15, 0.2) is 11.5 Å². The molecule has 0 spiro atoms. The molecule has 0 fully saturated rings. The van der Waals surface area contributed by atoms with Crippen molar-refractivity contribution in [2.45, 2.75) is 13.0 Å². The Morgan fingerprint density at radius 1 is 1.23 bits per heavy atom. The number of carbonyl (C=O) groups excluding carboxylic acids is 1. The number of rotatable bonds is 4. The summed E-state index contributed by atoms with van der Waals surface area (Å²) in [6.07, 6.45) is -0.237. The van der Waals surface area contributed by atoms with Crippen LogP contribution in [0.25, 0.3) is 15.9 Å². The summed E-state index contributed by atoms with van der Waals surface area (Å²) >= 11 is 7.74. The molecule has 6 nitrogen and oxygen atoms in total. The highest BCUT2D eigenvalue weighted by Crippen LogP contribution is 2.33. The predicted octanol–water partition coefficient (Wildman–Crippen LogP) is 4.62. The molecule has 0 saturated heterocycles. The lowest BCUT2D eigenvalue weighted by molar-refractivity contribution is 0.0791. The number of benzene rings is 2. The van der Waals surface area contributed by atoms with Crippen LogP contribution in [0, 0.1) is 6.92 Å². The smallest absolute Gasteiger partial charge is 0.261 e. The molecule has 1 amide bonds. The van der Waals surface area contributed by atoms with Crippen LogP contribution in [-0.2, 0) is 0 Å². The Morgan fingerprint density at radius 2 is 2.00 bits per heavy atom. The van der Waals surface area contributed by atoms with E-state index < -0.39 is 0 Å². The zero-order valence-corrected chi connectivity index (χ0v) is 17.7. The van der Waals surface area contributed by atoms with Gasteiger partial charge in [-0.05, 0) is 37.3 Å². The van der Waals surface area contributed by atoms with E-state index in [1.54, 1.807) is 4.68 Å². The summed E-state index contributed by atoms with van der Waals surface area (Å²) in [5, 5.41) is 9.10. The zero-order chi connectivity index (χ0) is 20.7. The maximum absolute atomic E-state index is 12.8. The van der Waals surface area contributed by atoms with Gasteiger partial charge in [0.2, 0.25) is 0 Å². The van der Waals surface area contributed by atoms with Gasteiger partial charge in [-0.3, -0.25) is 4.79 Å². The van der Waals surface area contributed by atoms with Gasteiger partial charge < -0.3 is 14.8 Å². The lowest BCUT2D eigenvalue weighted by atomic mass is 10.2. The van der Waals surface area contributed by atoms with Crippen molar-refractivity contribution in [3.05, 3.63) is 70.2 Å². The molecule has 1 atom stereocenters. The number of nitrogens with one attached hydrogen (secondary N) is 1. The number of fused-ring (bicyclic) bond motifs is 2. The van der Waals surface area contributed by atoms with Crippen LogP contribution in [0.15, 0.2) is 54.6 Å². The van der Waals surface area contributed by atoms with Gasteiger partial charge in [-0.1, -0.05) is 35.9 Å². The maximum Gasteiger partial charge on any atom is 0.261 e. The number of halogens is 1. The number of carbonyl (C=O) groups is 1. The van der Waals surface area contributed by atoms with Gasteiger partial charge in [0, 0.05) is 5.39 Å². The van der Waals surface area contributed by atoms with Gasteiger partial charge in [0.25, 0.3) is 5.91 Å². The van der Waals surface area contributed by atoms with Crippen molar-refractivity contribution in [2.75, 3.05) is 13.2 Å². The molecule has 1 aliphatic heterocycles. The van der Waals surface area contributed by atoms with E-state index in [0.717, 1.165) is 27.3 Å². The van der Waals surface area contributed by atoms with Crippen molar-refractivity contribution in [2.24, 2.45) is 0 Å². The summed E-state index contributed by atoms with van der Waals surface area (Å²) in [5.74, 6) is 1.27. The molecule has 0 saturated carbocycles. The molecule has 30 heavy (non-hydrogen) atoms. The van der Waals surface area contributed by atoms with E-state index in [-0.39, 0.29) is 12.0 Å². The fourth-order valence-electron chi connectivity index (χ4n) is 3.40. The molecule has 0 aliphatic carbocycles. The highest BCUT2D eigenvalue weighted by Gasteiger charge is 2.23. The highest BCUT2D eigenvalue weighted by molar-refractivity contribution is 7.20. The van der Waals surface area contributed by atoms with Crippen LogP contribution in [0.1, 0.15) is 15.4 Å². The van der Waals surface area contributed by atoms with Crippen LogP contribution in [0.5, 0.6) is 11.5 Å². The second kappa shape index (κ2) is 7.66. The molecule has 0 bridgehead atoms. The van der Waals surface area contributed by atoms with Crippen LogP contribution in [0.2, 0.25) is 5.02 Å². The summed E-state index contributed by atoms with van der Waals surface area (Å²) in [7, 11) is 0. The molecule has 1 aliphatic rings. The summed E-state index contributed by atoms with van der Waals surface area (Å²) < 4.78 is 13.4. The Kier molecular flexibility index (Phi) is 4.84. The Balaban J connectivity index is 1.34. The summed E-state index contributed by atoms with van der Waals surface area (Å²) in [5.41, 5.74) is 1.64. The van der Waals surface area contributed by atoms with Crippen molar-refractivity contribution in [3.63, 3.8) is 0 Å². The minimum Gasteiger partial charge on any atom is -0.486 e. The summed E-state index contributed by atoms with van der Waals surface area (Å²) in [4.78, 5) is 14.3. The summed E-state index contributed by atoms with van der Waals surface area (Å²) in [6, 6.07) is 16.9. The average molecular weight is 440 g/mol. The first-order valence-electron chi connectivity index (χ1n) is 9.51. The lowest BCUT2D eigenvalue weighted by Gasteiger charge is -2.26. The number of ether oxygens (including phenoxy) is 2. The molecule has 2 aromatic carbocycles. The molecule has 5 rings (SSSR count). The first-order chi connectivity index (χ1) is 14.6. The van der Waals surface area contributed by atoms with Gasteiger partial charge in [-0.2, -0.15) is 5.10 Å². The number of amides is 1. The SMILES string of the molecule is Cc1nn(-c2ccccc2Cl)c2sc(C(=O)NCC3COc4ccccc4O3)cc12. The fourth-order valence-corrected chi connectivity index (χ4v) is 4.71. The van der Waals surface area contributed by atoms with Crippen LogP contribution in [0.3, 0.4) is 0 Å². The van der Waals surface area contributed by atoms with E-state index in [1.165, 1.54) is 11.3 Å². The Bertz CT molecular complexity index is 1250. The highest BCUT2D eigenvalue weighted by atomic mass is 35.5. The van der Waals surface area contributed by atoms with Crippen LogP contribution < -0.4 is 14.8 Å². The van der Waals surface area contributed by atoms with E-state index in [2.05, 4.69) is 10.4 Å². The van der Waals surface area contributed by atoms with Gasteiger partial charge in [-0.25, -0.2) is 4.68 Å². The molecule has 1 unspecified atom stereocenters. The van der Waals surface area contributed by atoms with Gasteiger partial charge in [-0.15, -0.1) is 11.3 Å². The van der Waals surface area contributed by atoms with E-state index in [0.29, 0.717) is 28.8 Å². The molecular weight excluding hydrogens is 422 g/mol. The molecule has 4 aromatic rings. The minimum atomic E-state index is -0.237. The minimum absolute atomic E-state index is 0.149. The largest absolute Gasteiger partial charge is 0.486 e. The number of hydrogen-bond acceptors (Lipinski definition) is 5. The van der Waals surface area contributed by atoms with Crippen molar-refractivity contribution >= 4 is 39.1 Å². The second-order valence-electron chi connectivity index (χ2n) is 6.99. The van der Waals surface area contributed by atoms with Gasteiger partial charge in [0.1, 0.15) is 17.5 Å². The number of aromatic nitrogens is 2. The number of nitrogens with zero attached hydrogens (tertiary/aromatic N) is 2. The third kappa shape index (κ3) is 3.40. The van der Waals surface area contributed by atoms with Crippen molar-refractivity contribution in [1.82, 2.24) is 15.1 Å². The fraction of sp³-hybridized carbons (Fsp3) is 0.182. The third-order valence-electron chi connectivity index (χ3n) is 4.91. The van der Waals surface area contributed by atoms with E-state index >= 15 is 0 Å². The van der Waals surface area contributed by atoms with Crippen molar-refractivity contribution in [3.8, 4) is 17.2 Å². The Hall–Kier alpha value is -3.03. The number of hydrogen-bond donors (Lipinski definition) is 1. The normalized spacial score (nSPS) is 15.3. The van der Waals surface area contributed by atoms with Crippen molar-refractivity contribution < 1.29 is 14.3 Å². The molecule has 152 valence electrons. The molecule has 2 aromatic heterocycles. The number of aryl methyl sites for hydroxylation is 1. The molecule has 0 radical (unpaired) electrons. The van der Waals surface area contributed by atoms with Gasteiger partial charge in [0.05, 0.1) is 27.8 Å². The van der Waals surface area contributed by atoms with Crippen LogP contribution in [0.4, 0.5) is 0 Å². The maximum atomic E-state index is 12.8. The second-order valence-corrected chi connectivity index (χ2v) is 8.42. The van der Waals surface area contributed by atoms with Gasteiger partial charge >= 0.3 is 0 Å². The standard InChI is InChI=1S/C22H18ClN3O3S/c1-13-15-10-20(30-22(15)26(25-13)17-7-3-2-6-16(17)23)21(27)24-11-14-12-28-18-8-4-5-9-19(18)29-14/h2-10,14H,11-12H2,1H3,(H,24,27). The summed E-state index contributed by atoms with van der Waals surface area (Å²) in [6.45, 7) is 2.68. The van der Waals surface area contributed by atoms with E-state index in [1.807, 2.05) is 61.5 Å². The first-order valence-corrected chi connectivity index (χ1v) is 10.7. The predicted molar refractivity (Wildman–Crippen MR) is 117 cm³/mol. The average Bonchev–Trinajstić information content (AvgIpc) is 3.33. The Labute approximate surface area is 182 Å². The van der Waals surface area contributed by atoms with Crippen LogP contribution >= 0.6 is 22.9 Å². The molecule has 8 heteroatoms. The lowest BCUT2D eigenvalue weighted by Crippen LogP contribution is -2.40. The Morgan fingerprint density at radius 3 is 2.83 bits per heavy atom. The number of para-hydroxylation sites is 3. The van der Waals surface area contributed by atoms with Crippen LogP contribution in [-0.4, -0.2) is 34.9 Å². The third-order valence-corrected chi connectivity index (χ3v) is 6.34. The zero-order valence-electron chi connectivity index (χ0n) is 16.1. The quantitative estimate of drug-likeness (QED) is 0.504. The monoisotopic (exact) mass is 439 g/mol. The molecule has 3 heterocycles. The first kappa shape index (κ1) is 19.0. The molecular formula is C22H18ClN3O3S.